The number of nitrogens with zero attached hydrogens (tertiary/aromatic N) is 3. The summed E-state index contributed by atoms with van der Waals surface area (Å²) in [4.78, 5) is 20.2. The van der Waals surface area contributed by atoms with Crippen LogP contribution in [-0.2, 0) is 0 Å². The third-order valence-electron chi connectivity index (χ3n) is 4.85. The smallest absolute Gasteiger partial charge is 0.282 e. The summed E-state index contributed by atoms with van der Waals surface area (Å²) in [6.45, 7) is -0.215. The summed E-state index contributed by atoms with van der Waals surface area (Å²) in [5.41, 5.74) is 1.49. The number of pyridine rings is 1. The van der Waals surface area contributed by atoms with Crippen LogP contribution >= 0.6 is 0 Å². The number of carbonyl (C=O) groups excluding carboxylic acids is 1. The summed E-state index contributed by atoms with van der Waals surface area (Å²) in [6, 6.07) is 12.5. The number of carbonyl (C=O) groups is 1. The maximum Gasteiger partial charge on any atom is 0.282 e. The zero-order valence-corrected chi connectivity index (χ0v) is 15.1. The van der Waals surface area contributed by atoms with E-state index in [1.807, 2.05) is 30.3 Å². The first kappa shape index (κ1) is 17.7. The summed E-state index contributed by atoms with van der Waals surface area (Å²) < 4.78 is 32.3. The lowest BCUT2D eigenvalue weighted by molar-refractivity contribution is -0.0265. The second kappa shape index (κ2) is 6.79. The van der Waals surface area contributed by atoms with E-state index in [1.54, 1.807) is 19.2 Å². The number of hydrogen-bond acceptors (Lipinski definition) is 4. The molecule has 0 atom stereocenters. The zero-order valence-electron chi connectivity index (χ0n) is 15.1. The third-order valence-corrected chi connectivity index (χ3v) is 4.85. The second-order valence-corrected chi connectivity index (χ2v) is 7.19. The highest BCUT2D eigenvalue weighted by atomic mass is 19.3. The van der Waals surface area contributed by atoms with E-state index in [4.69, 9.17) is 4.74 Å². The minimum absolute atomic E-state index is 0.225. The monoisotopic (exact) mass is 373 g/mol. The molecule has 4 rings (SSSR count). The first-order chi connectivity index (χ1) is 12.9. The van der Waals surface area contributed by atoms with Crippen molar-refractivity contribution in [1.82, 2.24) is 4.98 Å². The molecule has 5 nitrogen and oxygen atoms in total. The molecule has 1 aromatic carbocycles. The van der Waals surface area contributed by atoms with Gasteiger partial charge < -0.3 is 14.5 Å². The quantitative estimate of drug-likeness (QED) is 0.776. The van der Waals surface area contributed by atoms with Crippen molar-refractivity contribution in [2.45, 2.75) is 18.8 Å². The highest BCUT2D eigenvalue weighted by Crippen LogP contribution is 2.38. The SMILES string of the molecule is CN(C(=O)c1ccc(N2CC(F)(F)C2)c(OCC2CC2)n1)c1ccccc1. The van der Waals surface area contributed by atoms with E-state index in [1.165, 1.54) is 9.80 Å². The Morgan fingerprint density at radius 2 is 1.93 bits per heavy atom. The Morgan fingerprint density at radius 3 is 2.56 bits per heavy atom. The van der Waals surface area contributed by atoms with Gasteiger partial charge in [0.1, 0.15) is 11.4 Å². The van der Waals surface area contributed by atoms with Gasteiger partial charge in [0.25, 0.3) is 11.8 Å². The Balaban J connectivity index is 1.57. The molecule has 1 aliphatic heterocycles. The van der Waals surface area contributed by atoms with Gasteiger partial charge in [-0.25, -0.2) is 13.8 Å². The number of benzene rings is 1. The number of ether oxygens (including phenoxy) is 1. The van der Waals surface area contributed by atoms with Crippen LogP contribution in [0.5, 0.6) is 5.88 Å². The molecule has 2 aromatic rings. The fourth-order valence-corrected chi connectivity index (χ4v) is 3.00. The second-order valence-electron chi connectivity index (χ2n) is 7.19. The molecule has 7 heteroatoms. The molecule has 0 spiro atoms. The topological polar surface area (TPSA) is 45.7 Å². The van der Waals surface area contributed by atoms with Crippen molar-refractivity contribution in [3.63, 3.8) is 0 Å². The van der Waals surface area contributed by atoms with Crippen LogP contribution in [0.3, 0.4) is 0 Å². The van der Waals surface area contributed by atoms with Crippen molar-refractivity contribution in [3.8, 4) is 5.88 Å². The molecule has 1 saturated carbocycles. The van der Waals surface area contributed by atoms with Gasteiger partial charge in [-0.2, -0.15) is 0 Å². The lowest BCUT2D eigenvalue weighted by Gasteiger charge is -2.40. The molecule has 0 radical (unpaired) electrons. The molecule has 142 valence electrons. The molecule has 0 unspecified atom stereocenters. The maximum absolute atomic E-state index is 13.3. The minimum Gasteiger partial charge on any atom is -0.476 e. The van der Waals surface area contributed by atoms with Crippen LogP contribution in [0.15, 0.2) is 42.5 Å². The molecular weight excluding hydrogens is 352 g/mol. The van der Waals surface area contributed by atoms with E-state index in [-0.39, 0.29) is 30.6 Å². The van der Waals surface area contributed by atoms with E-state index in [2.05, 4.69) is 4.98 Å². The van der Waals surface area contributed by atoms with Gasteiger partial charge in [0.2, 0.25) is 5.88 Å². The Bertz CT molecular complexity index is 832. The molecular formula is C20H21F2N3O2. The van der Waals surface area contributed by atoms with Gasteiger partial charge >= 0.3 is 0 Å². The van der Waals surface area contributed by atoms with E-state index < -0.39 is 5.92 Å². The Labute approximate surface area is 156 Å². The van der Waals surface area contributed by atoms with Crippen LogP contribution in [0.4, 0.5) is 20.2 Å². The van der Waals surface area contributed by atoms with Crippen LogP contribution in [0.1, 0.15) is 23.3 Å². The van der Waals surface area contributed by atoms with Gasteiger partial charge in [0.05, 0.1) is 19.7 Å². The molecule has 1 aromatic heterocycles. The molecule has 1 amide bonds. The lowest BCUT2D eigenvalue weighted by atomic mass is 10.1. The van der Waals surface area contributed by atoms with Crippen molar-refractivity contribution in [1.29, 1.82) is 0 Å². The summed E-state index contributed by atoms with van der Waals surface area (Å²) in [5, 5.41) is 0. The van der Waals surface area contributed by atoms with Gasteiger partial charge in [-0.1, -0.05) is 18.2 Å². The number of rotatable bonds is 6. The summed E-state index contributed by atoms with van der Waals surface area (Å²) in [7, 11) is 1.67. The molecule has 27 heavy (non-hydrogen) atoms. The number of alkyl halides is 2. The van der Waals surface area contributed by atoms with Gasteiger partial charge in [-0.3, -0.25) is 4.79 Å². The van der Waals surface area contributed by atoms with Gasteiger partial charge in [-0.05, 0) is 43.0 Å². The van der Waals surface area contributed by atoms with Crippen molar-refractivity contribution in [2.75, 3.05) is 36.5 Å². The van der Waals surface area contributed by atoms with Crippen LogP contribution in [0.2, 0.25) is 0 Å². The van der Waals surface area contributed by atoms with E-state index in [0.717, 1.165) is 18.5 Å². The largest absolute Gasteiger partial charge is 0.476 e. The predicted molar refractivity (Wildman–Crippen MR) is 98.8 cm³/mol. The lowest BCUT2D eigenvalue weighted by Crippen LogP contribution is -2.56. The van der Waals surface area contributed by atoms with E-state index in [9.17, 15) is 13.6 Å². The Hall–Kier alpha value is -2.70. The van der Waals surface area contributed by atoms with Crippen molar-refractivity contribution < 1.29 is 18.3 Å². The van der Waals surface area contributed by atoms with E-state index >= 15 is 0 Å². The number of para-hydroxylation sites is 1. The zero-order chi connectivity index (χ0) is 19.0. The molecule has 0 bridgehead atoms. The van der Waals surface area contributed by atoms with E-state index in [0.29, 0.717) is 18.2 Å². The normalized spacial score (nSPS) is 18.0. The fourth-order valence-electron chi connectivity index (χ4n) is 3.00. The van der Waals surface area contributed by atoms with Gasteiger partial charge in [0, 0.05) is 12.7 Å². The van der Waals surface area contributed by atoms with Crippen LogP contribution < -0.4 is 14.5 Å². The molecule has 2 aliphatic rings. The highest BCUT2D eigenvalue weighted by molar-refractivity contribution is 6.04. The summed E-state index contributed by atoms with van der Waals surface area (Å²) >= 11 is 0. The van der Waals surface area contributed by atoms with Crippen LogP contribution in [0.25, 0.3) is 0 Å². The van der Waals surface area contributed by atoms with Crippen LogP contribution in [0, 0.1) is 5.92 Å². The molecule has 0 N–H and O–H groups in total. The average Bonchev–Trinajstić information content (AvgIpc) is 3.48. The standard InChI is InChI=1S/C20H21F2N3O2/c1-24(15-5-3-2-4-6-15)19(26)16-9-10-17(25-12-20(21,22)13-25)18(23-16)27-11-14-7-8-14/h2-6,9-10,14H,7-8,11-13H2,1H3. The molecule has 1 saturated heterocycles. The maximum atomic E-state index is 13.3. The summed E-state index contributed by atoms with van der Waals surface area (Å²) in [5.74, 6) is -2.22. The number of amides is 1. The van der Waals surface area contributed by atoms with Crippen LogP contribution in [-0.4, -0.2) is 43.6 Å². The highest BCUT2D eigenvalue weighted by Gasteiger charge is 2.45. The molecule has 1 aliphatic carbocycles. The average molecular weight is 373 g/mol. The Morgan fingerprint density at radius 1 is 1.22 bits per heavy atom. The fraction of sp³-hybridized carbons (Fsp3) is 0.400. The number of halogens is 2. The molecule has 2 fully saturated rings. The van der Waals surface area contributed by atoms with Crippen molar-refractivity contribution in [2.24, 2.45) is 5.92 Å². The van der Waals surface area contributed by atoms with Crippen molar-refractivity contribution in [3.05, 3.63) is 48.2 Å². The number of aromatic nitrogens is 1. The minimum atomic E-state index is -2.68. The summed E-state index contributed by atoms with van der Waals surface area (Å²) in [6.07, 6.45) is 2.21. The van der Waals surface area contributed by atoms with Gasteiger partial charge in [0.15, 0.2) is 0 Å². The number of hydrogen-bond donors (Lipinski definition) is 0. The third kappa shape index (κ3) is 3.86. The van der Waals surface area contributed by atoms with Crippen molar-refractivity contribution >= 4 is 17.3 Å². The predicted octanol–water partition coefficient (Wildman–Crippen LogP) is 3.60. The first-order valence-corrected chi connectivity index (χ1v) is 9.03. The Kier molecular flexibility index (Phi) is 4.45. The molecule has 2 heterocycles. The number of anilines is 2. The van der Waals surface area contributed by atoms with Gasteiger partial charge in [-0.15, -0.1) is 0 Å². The first-order valence-electron chi connectivity index (χ1n) is 9.03.